The van der Waals surface area contributed by atoms with Crippen molar-refractivity contribution in [2.24, 2.45) is 0 Å². The summed E-state index contributed by atoms with van der Waals surface area (Å²) in [6.45, 7) is 4.43. The van der Waals surface area contributed by atoms with Gasteiger partial charge in [0.25, 0.3) is 0 Å². The van der Waals surface area contributed by atoms with Gasteiger partial charge < -0.3 is 10.1 Å². The Morgan fingerprint density at radius 2 is 2.07 bits per heavy atom. The van der Waals surface area contributed by atoms with Gasteiger partial charge >= 0.3 is 5.97 Å². The van der Waals surface area contributed by atoms with E-state index in [9.17, 15) is 9.59 Å². The van der Waals surface area contributed by atoms with Crippen LogP contribution in [0.4, 0.5) is 0 Å². The summed E-state index contributed by atoms with van der Waals surface area (Å²) in [5.41, 5.74) is 0. The summed E-state index contributed by atoms with van der Waals surface area (Å²) in [4.78, 5) is 24.7. The number of carbonyl (C=O) groups is 2. The summed E-state index contributed by atoms with van der Waals surface area (Å²) in [7, 11) is 0. The van der Waals surface area contributed by atoms with Crippen molar-refractivity contribution < 1.29 is 14.3 Å². The van der Waals surface area contributed by atoms with Crippen LogP contribution in [0.1, 0.15) is 26.7 Å². The van der Waals surface area contributed by atoms with Crippen LogP contribution in [0.25, 0.3) is 0 Å². The van der Waals surface area contributed by atoms with Crippen molar-refractivity contribution >= 4 is 23.7 Å². The van der Waals surface area contributed by atoms with Crippen molar-refractivity contribution in [2.45, 2.75) is 32.7 Å². The summed E-state index contributed by atoms with van der Waals surface area (Å²) in [5, 5.41) is 2.63. The van der Waals surface area contributed by atoms with Gasteiger partial charge in [0.1, 0.15) is 6.04 Å². The number of ether oxygens (including phenoxy) is 1. The predicted molar refractivity (Wildman–Crippen MR) is 57.3 cm³/mol. The lowest BCUT2D eigenvalue weighted by atomic mass is 10.1. The molecule has 1 amide bonds. The Labute approximate surface area is 94.6 Å². The van der Waals surface area contributed by atoms with Gasteiger partial charge in [-0.1, -0.05) is 0 Å². The Morgan fingerprint density at radius 3 is 2.53 bits per heavy atom. The van der Waals surface area contributed by atoms with Crippen LogP contribution in [0, 0.1) is 0 Å². The fraction of sp³-hybridized carbons (Fsp3) is 0.778. The van der Waals surface area contributed by atoms with Crippen LogP contribution >= 0.6 is 11.8 Å². The van der Waals surface area contributed by atoms with Crippen LogP contribution in [-0.2, 0) is 14.3 Å². The maximum absolute atomic E-state index is 11.2. The molecule has 0 rings (SSSR count). The van der Waals surface area contributed by atoms with Crippen molar-refractivity contribution in [1.29, 1.82) is 0 Å². The lowest BCUT2D eigenvalue weighted by Gasteiger charge is -2.12. The SMILES string of the molecule is CCNC(=O)CC[C@H](NCl)C(=O)OCC. The number of amides is 1. The monoisotopic (exact) mass is 236 g/mol. The number of hydrogen-bond acceptors (Lipinski definition) is 4. The van der Waals surface area contributed by atoms with Gasteiger partial charge in [-0.15, -0.1) is 0 Å². The predicted octanol–water partition coefficient (Wildman–Crippen LogP) is 0.578. The normalized spacial score (nSPS) is 11.9. The second-order valence-electron chi connectivity index (χ2n) is 2.91. The Bertz CT molecular complexity index is 212. The van der Waals surface area contributed by atoms with Gasteiger partial charge in [0.15, 0.2) is 0 Å². The fourth-order valence-corrected chi connectivity index (χ4v) is 1.22. The van der Waals surface area contributed by atoms with Gasteiger partial charge in [0.05, 0.1) is 6.61 Å². The highest BCUT2D eigenvalue weighted by Crippen LogP contribution is 2.01. The molecule has 0 aliphatic rings. The largest absolute Gasteiger partial charge is 0.465 e. The molecule has 2 N–H and O–H groups in total. The minimum absolute atomic E-state index is 0.0984. The summed E-state index contributed by atoms with van der Waals surface area (Å²) in [6.07, 6.45) is 0.575. The summed E-state index contributed by atoms with van der Waals surface area (Å²) >= 11 is 5.38. The Hall–Kier alpha value is -0.810. The van der Waals surface area contributed by atoms with Crippen molar-refractivity contribution in [2.75, 3.05) is 13.2 Å². The highest BCUT2D eigenvalue weighted by Gasteiger charge is 2.19. The second kappa shape index (κ2) is 8.49. The number of rotatable bonds is 7. The maximum Gasteiger partial charge on any atom is 0.324 e. The van der Waals surface area contributed by atoms with Crippen LogP contribution < -0.4 is 10.2 Å². The molecule has 0 heterocycles. The molecule has 1 atom stereocenters. The van der Waals surface area contributed by atoms with Gasteiger partial charge in [-0.25, -0.2) is 4.84 Å². The van der Waals surface area contributed by atoms with Gasteiger partial charge in [-0.3, -0.25) is 9.59 Å². The molecule has 0 bridgehead atoms. The molecule has 0 aromatic rings. The van der Waals surface area contributed by atoms with E-state index >= 15 is 0 Å². The van der Waals surface area contributed by atoms with E-state index in [-0.39, 0.29) is 12.3 Å². The maximum atomic E-state index is 11.2. The van der Waals surface area contributed by atoms with Gasteiger partial charge in [0, 0.05) is 13.0 Å². The third-order valence-corrected chi connectivity index (χ3v) is 2.00. The fourth-order valence-electron chi connectivity index (χ4n) is 1.02. The second-order valence-corrected chi connectivity index (χ2v) is 3.12. The highest BCUT2D eigenvalue weighted by atomic mass is 35.5. The zero-order chi connectivity index (χ0) is 11.7. The third-order valence-electron chi connectivity index (χ3n) is 1.74. The van der Waals surface area contributed by atoms with E-state index in [0.717, 1.165) is 0 Å². The molecule has 0 aromatic carbocycles. The molecule has 0 unspecified atom stereocenters. The molecule has 5 nitrogen and oxygen atoms in total. The minimum Gasteiger partial charge on any atom is -0.465 e. The molecule has 0 spiro atoms. The average molecular weight is 237 g/mol. The molecular formula is C9H17ClN2O3. The molecular weight excluding hydrogens is 220 g/mol. The topological polar surface area (TPSA) is 67.4 Å². The van der Waals surface area contributed by atoms with Crippen molar-refractivity contribution in [3.05, 3.63) is 0 Å². The molecule has 0 aliphatic carbocycles. The molecule has 0 saturated heterocycles. The molecule has 0 saturated carbocycles. The standard InChI is InChI=1S/C9H17ClN2O3/c1-3-11-8(13)6-5-7(12-10)9(14)15-4-2/h7,12H,3-6H2,1-2H3,(H,11,13)/t7-/m0/s1. The van der Waals surface area contributed by atoms with Crippen molar-refractivity contribution in [3.63, 3.8) is 0 Å². The highest BCUT2D eigenvalue weighted by molar-refractivity contribution is 6.14. The molecule has 15 heavy (non-hydrogen) atoms. The van der Waals surface area contributed by atoms with Gasteiger partial charge in [-0.05, 0) is 32.0 Å². The summed E-state index contributed by atoms with van der Waals surface area (Å²) < 4.78 is 4.77. The first-order valence-electron chi connectivity index (χ1n) is 4.95. The summed E-state index contributed by atoms with van der Waals surface area (Å²) in [5.74, 6) is -0.532. The van der Waals surface area contributed by atoms with E-state index in [4.69, 9.17) is 16.5 Å². The zero-order valence-electron chi connectivity index (χ0n) is 9.01. The number of carbonyl (C=O) groups excluding carboxylic acids is 2. The Kier molecular flexibility index (Phi) is 8.04. The van der Waals surface area contributed by atoms with Crippen LogP contribution in [0.3, 0.4) is 0 Å². The molecule has 0 fully saturated rings. The Balaban J connectivity index is 3.89. The number of esters is 1. The first-order valence-corrected chi connectivity index (χ1v) is 5.32. The Morgan fingerprint density at radius 1 is 1.40 bits per heavy atom. The quantitative estimate of drug-likeness (QED) is 0.501. The molecule has 0 aliphatic heterocycles. The van der Waals surface area contributed by atoms with E-state index in [1.165, 1.54) is 0 Å². The van der Waals surface area contributed by atoms with Crippen LogP contribution in [0.15, 0.2) is 0 Å². The zero-order valence-corrected chi connectivity index (χ0v) is 9.76. The van der Waals surface area contributed by atoms with E-state index in [1.54, 1.807) is 6.92 Å². The lowest BCUT2D eigenvalue weighted by molar-refractivity contribution is -0.145. The van der Waals surface area contributed by atoms with Gasteiger partial charge in [-0.2, -0.15) is 0 Å². The summed E-state index contributed by atoms with van der Waals surface area (Å²) in [6, 6.07) is -0.630. The van der Waals surface area contributed by atoms with Crippen LogP contribution in [0.5, 0.6) is 0 Å². The van der Waals surface area contributed by atoms with Crippen LogP contribution in [0.2, 0.25) is 0 Å². The molecule has 0 aromatic heterocycles. The number of halogens is 1. The number of nitrogens with one attached hydrogen (secondary N) is 2. The molecule has 6 heteroatoms. The number of hydrogen-bond donors (Lipinski definition) is 2. The minimum atomic E-state index is -0.630. The molecule has 0 radical (unpaired) electrons. The average Bonchev–Trinajstić information content (AvgIpc) is 2.19. The van der Waals surface area contributed by atoms with Crippen molar-refractivity contribution in [3.8, 4) is 0 Å². The molecule has 88 valence electrons. The lowest BCUT2D eigenvalue weighted by Crippen LogP contribution is -2.34. The van der Waals surface area contributed by atoms with Crippen LogP contribution in [-0.4, -0.2) is 31.1 Å². The van der Waals surface area contributed by atoms with Gasteiger partial charge in [0.2, 0.25) is 5.91 Å². The van der Waals surface area contributed by atoms with E-state index in [1.807, 2.05) is 6.92 Å². The van der Waals surface area contributed by atoms with E-state index in [2.05, 4.69) is 10.2 Å². The third kappa shape index (κ3) is 6.30. The first kappa shape index (κ1) is 14.2. The van der Waals surface area contributed by atoms with Crippen molar-refractivity contribution in [1.82, 2.24) is 10.2 Å². The van der Waals surface area contributed by atoms with E-state index in [0.29, 0.717) is 19.6 Å². The smallest absolute Gasteiger partial charge is 0.324 e. The first-order chi connectivity index (χ1) is 7.15. The van der Waals surface area contributed by atoms with E-state index < -0.39 is 12.0 Å².